The molecule has 1 aromatic rings. The number of hydrogen-bond acceptors (Lipinski definition) is 5. The van der Waals surface area contributed by atoms with E-state index in [1.54, 1.807) is 0 Å². The molecule has 0 radical (unpaired) electrons. The minimum absolute atomic E-state index is 0.00952. The van der Waals surface area contributed by atoms with Crippen molar-refractivity contribution < 1.29 is 8.42 Å². The van der Waals surface area contributed by atoms with Crippen molar-refractivity contribution in [3.05, 3.63) is 17.7 Å². The number of aromatic nitrogens is 2. The maximum atomic E-state index is 12.0. The van der Waals surface area contributed by atoms with E-state index in [0.29, 0.717) is 6.42 Å². The number of nitriles is 1. The number of nitrogens with one attached hydrogen (secondary N) is 1. The van der Waals surface area contributed by atoms with E-state index in [4.69, 9.17) is 16.9 Å². The zero-order valence-corrected chi connectivity index (χ0v) is 10.9. The lowest BCUT2D eigenvalue weighted by molar-refractivity contribution is 0.514. The van der Waals surface area contributed by atoms with Gasteiger partial charge in [-0.05, 0) is 24.4 Å². The molecule has 0 amide bonds. The second-order valence-corrected chi connectivity index (χ2v) is 6.13. The average molecular weight is 287 g/mol. The number of rotatable bonds is 3. The molecule has 1 aliphatic rings. The Morgan fingerprint density at radius 3 is 2.67 bits per heavy atom. The van der Waals surface area contributed by atoms with Crippen molar-refractivity contribution >= 4 is 21.6 Å². The molecule has 1 fully saturated rings. The maximum absolute atomic E-state index is 12.0. The van der Waals surface area contributed by atoms with Gasteiger partial charge in [0.1, 0.15) is 4.90 Å². The third kappa shape index (κ3) is 2.77. The van der Waals surface area contributed by atoms with Crippen molar-refractivity contribution in [2.75, 3.05) is 0 Å². The highest BCUT2D eigenvalue weighted by Gasteiger charge is 2.31. The lowest BCUT2D eigenvalue weighted by Gasteiger charge is -2.15. The summed E-state index contributed by atoms with van der Waals surface area (Å²) < 4.78 is 26.6. The van der Waals surface area contributed by atoms with Crippen LogP contribution >= 0.6 is 11.6 Å². The monoisotopic (exact) mass is 286 g/mol. The van der Waals surface area contributed by atoms with E-state index in [1.807, 2.05) is 0 Å². The second-order valence-electron chi connectivity index (χ2n) is 4.08. The van der Waals surface area contributed by atoms with Gasteiger partial charge in [0.2, 0.25) is 15.3 Å². The topological polar surface area (TPSA) is 95.7 Å². The second kappa shape index (κ2) is 5.18. The molecule has 18 heavy (non-hydrogen) atoms. The molecular formula is C10H11ClN4O2S. The number of nitrogens with zero attached hydrogens (tertiary/aromatic N) is 3. The molecule has 0 spiro atoms. The fourth-order valence-electron chi connectivity index (χ4n) is 1.96. The van der Waals surface area contributed by atoms with Crippen LogP contribution in [0.15, 0.2) is 17.3 Å². The van der Waals surface area contributed by atoms with Crippen molar-refractivity contribution in [3.63, 3.8) is 0 Å². The van der Waals surface area contributed by atoms with Crippen LogP contribution in [0.2, 0.25) is 5.28 Å². The smallest absolute Gasteiger partial charge is 0.225 e. The van der Waals surface area contributed by atoms with Crippen LogP contribution in [0.3, 0.4) is 0 Å². The Morgan fingerprint density at radius 2 is 2.06 bits per heavy atom. The summed E-state index contributed by atoms with van der Waals surface area (Å²) in [6.45, 7) is 0. The van der Waals surface area contributed by atoms with E-state index in [1.165, 1.54) is 0 Å². The molecule has 1 aliphatic carbocycles. The van der Waals surface area contributed by atoms with Gasteiger partial charge in [-0.3, -0.25) is 0 Å². The van der Waals surface area contributed by atoms with Gasteiger partial charge in [0.05, 0.1) is 24.4 Å². The molecule has 0 aromatic carbocycles. The van der Waals surface area contributed by atoms with Crippen molar-refractivity contribution in [1.82, 2.24) is 14.7 Å². The molecule has 0 aliphatic heterocycles. The molecule has 2 atom stereocenters. The molecule has 1 N–H and O–H groups in total. The number of sulfonamides is 1. The number of halogens is 1. The molecular weight excluding hydrogens is 276 g/mol. The first kappa shape index (κ1) is 13.2. The molecule has 8 heteroatoms. The summed E-state index contributed by atoms with van der Waals surface area (Å²) in [5.41, 5.74) is 0. The summed E-state index contributed by atoms with van der Waals surface area (Å²) in [5, 5.41) is 8.90. The van der Waals surface area contributed by atoms with Crippen LogP contribution < -0.4 is 4.72 Å². The van der Waals surface area contributed by atoms with Crippen LogP contribution in [-0.4, -0.2) is 24.4 Å². The highest BCUT2D eigenvalue weighted by Crippen LogP contribution is 2.26. The van der Waals surface area contributed by atoms with Gasteiger partial charge < -0.3 is 0 Å². The molecule has 1 saturated carbocycles. The Bertz CT molecular complexity index is 567. The summed E-state index contributed by atoms with van der Waals surface area (Å²) >= 11 is 5.50. The van der Waals surface area contributed by atoms with Crippen molar-refractivity contribution in [1.29, 1.82) is 5.26 Å². The Morgan fingerprint density at radius 1 is 1.39 bits per heavy atom. The van der Waals surface area contributed by atoms with Crippen LogP contribution in [0.25, 0.3) is 0 Å². The Balaban J connectivity index is 2.17. The van der Waals surface area contributed by atoms with Gasteiger partial charge in [0, 0.05) is 6.04 Å². The minimum atomic E-state index is -3.69. The molecule has 2 unspecified atom stereocenters. The normalized spacial score (nSPS) is 23.8. The molecule has 0 saturated heterocycles. The van der Waals surface area contributed by atoms with Crippen LogP contribution in [0.5, 0.6) is 0 Å². The van der Waals surface area contributed by atoms with Crippen molar-refractivity contribution in [3.8, 4) is 6.07 Å². The van der Waals surface area contributed by atoms with Crippen LogP contribution in [-0.2, 0) is 10.0 Å². The quantitative estimate of drug-likeness (QED) is 0.840. The molecule has 96 valence electrons. The van der Waals surface area contributed by atoms with E-state index >= 15 is 0 Å². The highest BCUT2D eigenvalue weighted by molar-refractivity contribution is 7.89. The zero-order valence-electron chi connectivity index (χ0n) is 9.38. The van der Waals surface area contributed by atoms with Gasteiger partial charge in [-0.1, -0.05) is 6.42 Å². The Kier molecular flexibility index (Phi) is 3.80. The van der Waals surface area contributed by atoms with Crippen molar-refractivity contribution in [2.45, 2.75) is 30.2 Å². The summed E-state index contributed by atoms with van der Waals surface area (Å²) in [4.78, 5) is 7.21. The fraction of sp³-hybridized carbons (Fsp3) is 0.500. The predicted octanol–water partition coefficient (Wildman–Crippen LogP) is 1.10. The van der Waals surface area contributed by atoms with Gasteiger partial charge in [-0.2, -0.15) is 5.26 Å². The molecule has 2 rings (SSSR count). The average Bonchev–Trinajstić information content (AvgIpc) is 2.76. The SMILES string of the molecule is N#CC1CCCC1NS(=O)(=O)c1cnc(Cl)nc1. The molecule has 0 bridgehead atoms. The molecule has 1 heterocycles. The lowest BCUT2D eigenvalue weighted by atomic mass is 10.1. The highest BCUT2D eigenvalue weighted by atomic mass is 35.5. The van der Waals surface area contributed by atoms with E-state index in [0.717, 1.165) is 25.2 Å². The predicted molar refractivity (Wildman–Crippen MR) is 64.1 cm³/mol. The van der Waals surface area contributed by atoms with Gasteiger partial charge in [-0.25, -0.2) is 23.1 Å². The zero-order chi connectivity index (χ0) is 13.2. The minimum Gasteiger partial charge on any atom is -0.225 e. The molecule has 6 nitrogen and oxygen atoms in total. The Hall–Kier alpha value is -1.23. The first-order chi connectivity index (χ1) is 8.53. The lowest BCUT2D eigenvalue weighted by Crippen LogP contribution is -2.36. The third-order valence-corrected chi connectivity index (χ3v) is 4.53. The van der Waals surface area contributed by atoms with Gasteiger partial charge in [0.15, 0.2) is 0 Å². The van der Waals surface area contributed by atoms with E-state index in [9.17, 15) is 8.42 Å². The van der Waals surface area contributed by atoms with Crippen LogP contribution in [0, 0.1) is 17.2 Å². The summed E-state index contributed by atoms with van der Waals surface area (Å²) in [7, 11) is -3.69. The number of hydrogen-bond donors (Lipinski definition) is 1. The van der Waals surface area contributed by atoms with Gasteiger partial charge in [-0.15, -0.1) is 0 Å². The van der Waals surface area contributed by atoms with Gasteiger partial charge >= 0.3 is 0 Å². The van der Waals surface area contributed by atoms with E-state index < -0.39 is 10.0 Å². The van der Waals surface area contributed by atoms with Crippen LogP contribution in [0.1, 0.15) is 19.3 Å². The summed E-state index contributed by atoms with van der Waals surface area (Å²) in [6, 6.07) is 1.78. The fourth-order valence-corrected chi connectivity index (χ4v) is 3.26. The largest absolute Gasteiger partial charge is 0.243 e. The summed E-state index contributed by atoms with van der Waals surface area (Å²) in [6.07, 6.45) is 4.54. The maximum Gasteiger partial charge on any atom is 0.243 e. The van der Waals surface area contributed by atoms with Crippen LogP contribution in [0.4, 0.5) is 0 Å². The van der Waals surface area contributed by atoms with E-state index in [2.05, 4.69) is 20.8 Å². The molecule has 1 aromatic heterocycles. The van der Waals surface area contributed by atoms with Gasteiger partial charge in [0.25, 0.3) is 0 Å². The standard InChI is InChI=1S/C10H11ClN4O2S/c11-10-13-5-8(6-14-10)18(16,17)15-9-3-1-2-7(9)4-12/h5-7,9,15H,1-3H2. The first-order valence-electron chi connectivity index (χ1n) is 5.42. The Labute approximate surface area is 110 Å². The third-order valence-electron chi connectivity index (χ3n) is 2.90. The van der Waals surface area contributed by atoms with Crippen molar-refractivity contribution in [2.24, 2.45) is 5.92 Å². The first-order valence-corrected chi connectivity index (χ1v) is 7.28. The van der Waals surface area contributed by atoms with E-state index in [-0.39, 0.29) is 22.1 Å². The summed E-state index contributed by atoms with van der Waals surface area (Å²) in [5.74, 6) is -0.270.